The standard InChI is InChI=1S/C15H13N5O/c16-14-18-13(9-4-3-5-10(21)8-9)20-12-7-2-1-6-11(12)17-15(20)19-14/h1-8,13,21H,(H3,16,17,18,19)/t13-/m0/s1. The normalized spacial score (nSPS) is 17.1. The van der Waals surface area contributed by atoms with Gasteiger partial charge in [0.2, 0.25) is 5.95 Å². The van der Waals surface area contributed by atoms with Crippen molar-refractivity contribution < 1.29 is 5.11 Å². The van der Waals surface area contributed by atoms with E-state index in [0.29, 0.717) is 11.9 Å². The van der Waals surface area contributed by atoms with E-state index in [-0.39, 0.29) is 11.9 Å². The van der Waals surface area contributed by atoms with Crippen LogP contribution in [0, 0.1) is 0 Å². The molecule has 1 aliphatic rings. The van der Waals surface area contributed by atoms with E-state index >= 15 is 0 Å². The summed E-state index contributed by atoms with van der Waals surface area (Å²) in [4.78, 5) is 8.98. The van der Waals surface area contributed by atoms with Gasteiger partial charge in [-0.25, -0.2) is 9.98 Å². The zero-order chi connectivity index (χ0) is 14.4. The summed E-state index contributed by atoms with van der Waals surface area (Å²) in [5, 5.41) is 12.7. The van der Waals surface area contributed by atoms with E-state index in [1.54, 1.807) is 18.2 Å². The molecule has 6 heteroatoms. The number of guanidine groups is 1. The fourth-order valence-electron chi connectivity index (χ4n) is 2.63. The topological polar surface area (TPSA) is 88.5 Å². The van der Waals surface area contributed by atoms with Gasteiger partial charge in [0, 0.05) is 5.56 Å². The van der Waals surface area contributed by atoms with Crippen molar-refractivity contribution in [1.29, 1.82) is 0 Å². The van der Waals surface area contributed by atoms with Gasteiger partial charge >= 0.3 is 0 Å². The summed E-state index contributed by atoms with van der Waals surface area (Å²) in [6.45, 7) is 0. The lowest BCUT2D eigenvalue weighted by atomic mass is 10.1. The number of anilines is 1. The summed E-state index contributed by atoms with van der Waals surface area (Å²) in [6, 6.07) is 14.8. The monoisotopic (exact) mass is 279 g/mol. The van der Waals surface area contributed by atoms with E-state index in [2.05, 4.69) is 15.3 Å². The third kappa shape index (κ3) is 1.80. The Balaban J connectivity index is 1.97. The minimum Gasteiger partial charge on any atom is -0.508 e. The Morgan fingerprint density at radius 3 is 2.86 bits per heavy atom. The van der Waals surface area contributed by atoms with Crippen LogP contribution in [-0.2, 0) is 0 Å². The number of benzene rings is 2. The van der Waals surface area contributed by atoms with Crippen LogP contribution in [-0.4, -0.2) is 20.6 Å². The summed E-state index contributed by atoms with van der Waals surface area (Å²) in [5.74, 6) is 1.16. The van der Waals surface area contributed by atoms with Crippen molar-refractivity contribution in [2.45, 2.75) is 6.17 Å². The van der Waals surface area contributed by atoms with Gasteiger partial charge in [-0.05, 0) is 24.3 Å². The van der Waals surface area contributed by atoms with Crippen LogP contribution in [0.15, 0.2) is 53.5 Å². The van der Waals surface area contributed by atoms with Crippen LogP contribution in [0.4, 0.5) is 5.95 Å². The number of aromatic nitrogens is 2. The summed E-state index contributed by atoms with van der Waals surface area (Å²) < 4.78 is 1.97. The molecule has 1 atom stereocenters. The second-order valence-electron chi connectivity index (χ2n) is 4.90. The van der Waals surface area contributed by atoms with Crippen molar-refractivity contribution >= 4 is 22.9 Å². The summed E-state index contributed by atoms with van der Waals surface area (Å²) in [5.41, 5.74) is 8.54. The number of nitrogens with zero attached hydrogens (tertiary/aromatic N) is 3. The van der Waals surface area contributed by atoms with Crippen molar-refractivity contribution in [1.82, 2.24) is 9.55 Å². The number of phenols is 1. The molecule has 0 aliphatic carbocycles. The molecular formula is C15H13N5O. The number of rotatable bonds is 1. The van der Waals surface area contributed by atoms with Crippen LogP contribution in [0.3, 0.4) is 0 Å². The molecule has 0 saturated heterocycles. The van der Waals surface area contributed by atoms with Crippen LogP contribution in [0.5, 0.6) is 5.75 Å². The molecule has 0 unspecified atom stereocenters. The molecule has 4 rings (SSSR count). The first-order valence-corrected chi connectivity index (χ1v) is 6.58. The van der Waals surface area contributed by atoms with Crippen LogP contribution in [0.25, 0.3) is 11.0 Å². The molecule has 21 heavy (non-hydrogen) atoms. The number of imidazole rings is 1. The Kier molecular flexibility index (Phi) is 2.38. The molecule has 2 heterocycles. The van der Waals surface area contributed by atoms with Crippen molar-refractivity contribution in [2.24, 2.45) is 10.7 Å². The van der Waals surface area contributed by atoms with Crippen molar-refractivity contribution in [3.63, 3.8) is 0 Å². The molecular weight excluding hydrogens is 266 g/mol. The van der Waals surface area contributed by atoms with Crippen LogP contribution < -0.4 is 11.1 Å². The maximum Gasteiger partial charge on any atom is 0.212 e. The average molecular weight is 279 g/mol. The summed E-state index contributed by atoms with van der Waals surface area (Å²) >= 11 is 0. The van der Waals surface area contributed by atoms with E-state index in [9.17, 15) is 5.11 Å². The third-order valence-electron chi connectivity index (χ3n) is 3.51. The Labute approximate surface area is 120 Å². The SMILES string of the molecule is NC1=N[C@H](c2cccc(O)c2)n2c(nc3ccccc32)N1. The van der Waals surface area contributed by atoms with Crippen LogP contribution in [0.1, 0.15) is 11.7 Å². The molecule has 3 aromatic rings. The Hall–Kier alpha value is -3.02. The van der Waals surface area contributed by atoms with Gasteiger partial charge in [0.05, 0.1) is 11.0 Å². The molecule has 0 spiro atoms. The lowest BCUT2D eigenvalue weighted by molar-refractivity contribution is 0.472. The third-order valence-corrected chi connectivity index (χ3v) is 3.51. The zero-order valence-corrected chi connectivity index (χ0v) is 11.1. The van der Waals surface area contributed by atoms with Gasteiger partial charge in [0.25, 0.3) is 0 Å². The number of hydrogen-bond acceptors (Lipinski definition) is 5. The van der Waals surface area contributed by atoms with Gasteiger partial charge in [-0.15, -0.1) is 0 Å². The number of para-hydroxylation sites is 2. The highest BCUT2D eigenvalue weighted by Gasteiger charge is 2.24. The van der Waals surface area contributed by atoms with Gasteiger partial charge in [0.1, 0.15) is 5.75 Å². The second kappa shape index (κ2) is 4.24. The quantitative estimate of drug-likeness (QED) is 0.636. The van der Waals surface area contributed by atoms with E-state index in [4.69, 9.17) is 5.73 Å². The summed E-state index contributed by atoms with van der Waals surface area (Å²) in [6.07, 6.45) is -0.347. The molecule has 6 nitrogen and oxygen atoms in total. The van der Waals surface area contributed by atoms with Gasteiger partial charge in [-0.2, -0.15) is 0 Å². The molecule has 0 bridgehead atoms. The Morgan fingerprint density at radius 2 is 2.00 bits per heavy atom. The minimum atomic E-state index is -0.347. The van der Waals surface area contributed by atoms with Gasteiger partial charge in [-0.1, -0.05) is 24.3 Å². The van der Waals surface area contributed by atoms with Crippen LogP contribution >= 0.6 is 0 Å². The molecule has 0 radical (unpaired) electrons. The molecule has 4 N–H and O–H groups in total. The van der Waals surface area contributed by atoms with Crippen LogP contribution in [0.2, 0.25) is 0 Å². The van der Waals surface area contributed by atoms with E-state index < -0.39 is 0 Å². The molecule has 2 aromatic carbocycles. The van der Waals surface area contributed by atoms with Gasteiger partial charge < -0.3 is 10.8 Å². The van der Waals surface area contributed by atoms with E-state index in [1.807, 2.05) is 34.9 Å². The lowest BCUT2D eigenvalue weighted by Gasteiger charge is -2.23. The van der Waals surface area contributed by atoms with Gasteiger partial charge in [-0.3, -0.25) is 9.88 Å². The number of aliphatic imine (C=N–C) groups is 1. The predicted octanol–water partition coefficient (Wildman–Crippen LogP) is 2.03. The highest BCUT2D eigenvalue weighted by Crippen LogP contribution is 2.33. The average Bonchev–Trinajstić information content (AvgIpc) is 2.84. The maximum absolute atomic E-state index is 9.70. The lowest BCUT2D eigenvalue weighted by Crippen LogP contribution is -2.31. The Morgan fingerprint density at radius 1 is 1.14 bits per heavy atom. The first-order chi connectivity index (χ1) is 10.2. The molecule has 1 aromatic heterocycles. The highest BCUT2D eigenvalue weighted by atomic mass is 16.3. The van der Waals surface area contributed by atoms with Crippen molar-refractivity contribution in [3.05, 3.63) is 54.1 Å². The largest absolute Gasteiger partial charge is 0.508 e. The number of nitrogens with two attached hydrogens (primary N) is 1. The number of nitrogens with one attached hydrogen (secondary N) is 1. The molecule has 0 amide bonds. The number of hydrogen-bond donors (Lipinski definition) is 3. The van der Waals surface area contributed by atoms with Crippen molar-refractivity contribution in [2.75, 3.05) is 5.32 Å². The highest BCUT2D eigenvalue weighted by molar-refractivity contribution is 5.94. The smallest absolute Gasteiger partial charge is 0.212 e. The first-order valence-electron chi connectivity index (χ1n) is 6.58. The van der Waals surface area contributed by atoms with E-state index in [1.165, 1.54) is 0 Å². The maximum atomic E-state index is 9.70. The number of phenolic OH excluding ortho intramolecular Hbond substituents is 1. The van der Waals surface area contributed by atoms with E-state index in [0.717, 1.165) is 16.6 Å². The Bertz CT molecular complexity index is 867. The van der Waals surface area contributed by atoms with Crippen molar-refractivity contribution in [3.8, 4) is 5.75 Å². The number of fused-ring (bicyclic) bond motifs is 3. The molecule has 0 fully saturated rings. The zero-order valence-electron chi connectivity index (χ0n) is 11.1. The minimum absolute atomic E-state index is 0.200. The molecule has 104 valence electrons. The molecule has 1 aliphatic heterocycles. The second-order valence-corrected chi connectivity index (χ2v) is 4.90. The van der Waals surface area contributed by atoms with Gasteiger partial charge in [0.15, 0.2) is 12.1 Å². The molecule has 0 saturated carbocycles. The number of aromatic hydroxyl groups is 1. The summed E-state index contributed by atoms with van der Waals surface area (Å²) in [7, 11) is 0. The fourth-order valence-corrected chi connectivity index (χ4v) is 2.63. The first kappa shape index (κ1) is 11.8. The predicted molar refractivity (Wildman–Crippen MR) is 81.2 cm³/mol. The fraction of sp³-hybridized carbons (Fsp3) is 0.0667.